The van der Waals surface area contributed by atoms with Gasteiger partial charge in [-0.15, -0.1) is 0 Å². The van der Waals surface area contributed by atoms with Crippen molar-refractivity contribution in [2.45, 2.75) is 77.1 Å². The van der Waals surface area contributed by atoms with Crippen molar-refractivity contribution in [3.05, 3.63) is 35.6 Å². The second-order valence-corrected chi connectivity index (χ2v) is 10.6. The predicted octanol–water partition coefficient (Wildman–Crippen LogP) is 3.94. The summed E-state index contributed by atoms with van der Waals surface area (Å²) in [6.45, 7) is 8.87. The minimum absolute atomic E-state index is 0.0433. The second kappa shape index (κ2) is 9.38. The molecule has 1 aliphatic carbocycles. The lowest BCUT2D eigenvalue weighted by Gasteiger charge is -2.36. The highest BCUT2D eigenvalue weighted by Gasteiger charge is 2.44. The van der Waals surface area contributed by atoms with Gasteiger partial charge >= 0.3 is 6.09 Å². The first-order valence-corrected chi connectivity index (χ1v) is 12.0. The third-order valence-corrected chi connectivity index (χ3v) is 7.01. The number of carbonyl (C=O) groups is 2. The Morgan fingerprint density at radius 1 is 1.09 bits per heavy atom. The molecule has 7 heteroatoms. The minimum atomic E-state index is -0.577. The number of hydrogen-bond acceptors (Lipinski definition) is 4. The number of likely N-dealkylation sites (tertiary alicyclic amines) is 2. The Labute approximate surface area is 190 Å². The van der Waals surface area contributed by atoms with Gasteiger partial charge in [-0.3, -0.25) is 14.6 Å². The van der Waals surface area contributed by atoms with Gasteiger partial charge in [-0.2, -0.15) is 0 Å². The van der Waals surface area contributed by atoms with Crippen molar-refractivity contribution in [1.29, 1.82) is 0 Å². The summed E-state index contributed by atoms with van der Waals surface area (Å²) in [4.78, 5) is 29.9. The number of piperidine rings is 1. The molecule has 3 aliphatic rings. The maximum Gasteiger partial charge on any atom is 0.410 e. The summed E-state index contributed by atoms with van der Waals surface area (Å²) >= 11 is 0. The number of nitrogens with zero attached hydrogens (tertiary/aromatic N) is 2. The predicted molar refractivity (Wildman–Crippen MR) is 120 cm³/mol. The smallest absolute Gasteiger partial charge is 0.410 e. The van der Waals surface area contributed by atoms with Crippen LogP contribution in [0.3, 0.4) is 0 Å². The summed E-state index contributed by atoms with van der Waals surface area (Å²) in [6, 6.07) is 6.40. The number of ether oxygens (including phenoxy) is 1. The van der Waals surface area contributed by atoms with E-state index in [-0.39, 0.29) is 17.8 Å². The summed E-state index contributed by atoms with van der Waals surface area (Å²) in [7, 11) is 0. The Hall–Kier alpha value is -2.15. The molecule has 1 saturated carbocycles. The van der Waals surface area contributed by atoms with Crippen LogP contribution < -0.4 is 5.32 Å². The highest BCUT2D eigenvalue weighted by Crippen LogP contribution is 2.39. The summed E-state index contributed by atoms with van der Waals surface area (Å²) in [5, 5.41) is 3.29. The van der Waals surface area contributed by atoms with Gasteiger partial charge in [0.2, 0.25) is 5.91 Å². The van der Waals surface area contributed by atoms with Crippen LogP contribution in [-0.4, -0.2) is 59.1 Å². The number of carbonyl (C=O) groups excluding carboxylic acids is 2. The van der Waals surface area contributed by atoms with Crippen LogP contribution in [0.2, 0.25) is 0 Å². The Bertz CT molecular complexity index is 823. The van der Waals surface area contributed by atoms with Gasteiger partial charge in [0.25, 0.3) is 0 Å². The van der Waals surface area contributed by atoms with E-state index in [0.29, 0.717) is 24.8 Å². The molecule has 2 amide bonds. The summed E-state index contributed by atoms with van der Waals surface area (Å²) < 4.78 is 18.7. The van der Waals surface area contributed by atoms with Gasteiger partial charge in [-0.05, 0) is 82.4 Å². The number of nitrogens with one attached hydrogen (secondary N) is 1. The molecule has 0 bridgehead atoms. The monoisotopic (exact) mass is 445 g/mol. The number of halogens is 1. The first kappa shape index (κ1) is 23.0. The van der Waals surface area contributed by atoms with Gasteiger partial charge in [0, 0.05) is 32.2 Å². The number of amides is 2. The van der Waals surface area contributed by atoms with Crippen LogP contribution in [0.1, 0.15) is 58.4 Å². The first-order chi connectivity index (χ1) is 15.2. The zero-order valence-corrected chi connectivity index (χ0v) is 19.5. The van der Waals surface area contributed by atoms with Crippen LogP contribution in [-0.2, 0) is 16.1 Å². The third kappa shape index (κ3) is 5.42. The molecule has 1 N–H and O–H groups in total. The number of fused-ring (bicyclic) bond motifs is 1. The van der Waals surface area contributed by atoms with Crippen molar-refractivity contribution in [2.75, 3.05) is 19.6 Å². The second-order valence-electron chi connectivity index (χ2n) is 10.6. The van der Waals surface area contributed by atoms with Gasteiger partial charge in [0.1, 0.15) is 17.5 Å². The average Bonchev–Trinajstić information content (AvgIpc) is 3.29. The van der Waals surface area contributed by atoms with Crippen molar-refractivity contribution in [2.24, 2.45) is 11.8 Å². The molecule has 2 heterocycles. The van der Waals surface area contributed by atoms with E-state index in [2.05, 4.69) is 10.2 Å². The molecular formula is C25H36FN3O3. The van der Waals surface area contributed by atoms with Crippen LogP contribution in [0.25, 0.3) is 0 Å². The molecule has 176 valence electrons. The molecule has 2 aliphatic heterocycles. The quantitative estimate of drug-likeness (QED) is 0.763. The lowest BCUT2D eigenvalue weighted by Crippen LogP contribution is -2.55. The Kier molecular flexibility index (Phi) is 6.75. The Morgan fingerprint density at radius 2 is 1.84 bits per heavy atom. The zero-order chi connectivity index (χ0) is 22.9. The van der Waals surface area contributed by atoms with E-state index in [1.165, 1.54) is 12.1 Å². The molecule has 0 aromatic heterocycles. The molecule has 32 heavy (non-hydrogen) atoms. The molecule has 1 aromatic rings. The fourth-order valence-corrected chi connectivity index (χ4v) is 5.54. The van der Waals surface area contributed by atoms with Crippen LogP contribution in [0, 0.1) is 17.7 Å². The summed E-state index contributed by atoms with van der Waals surface area (Å²) in [6.07, 6.45) is 4.23. The largest absolute Gasteiger partial charge is 0.444 e. The maximum absolute atomic E-state index is 13.2. The van der Waals surface area contributed by atoms with E-state index < -0.39 is 17.7 Å². The molecule has 0 unspecified atom stereocenters. The fourth-order valence-electron chi connectivity index (χ4n) is 5.54. The van der Waals surface area contributed by atoms with Crippen molar-refractivity contribution >= 4 is 12.0 Å². The number of benzene rings is 1. The van der Waals surface area contributed by atoms with E-state index in [1.807, 2.05) is 32.9 Å². The first-order valence-electron chi connectivity index (χ1n) is 12.0. The molecule has 3 fully saturated rings. The third-order valence-electron chi connectivity index (χ3n) is 7.01. The van der Waals surface area contributed by atoms with Crippen molar-refractivity contribution in [1.82, 2.24) is 15.1 Å². The van der Waals surface area contributed by atoms with E-state index in [1.54, 1.807) is 4.90 Å². The lowest BCUT2D eigenvalue weighted by atomic mass is 9.96. The van der Waals surface area contributed by atoms with Crippen LogP contribution >= 0.6 is 0 Å². The van der Waals surface area contributed by atoms with E-state index in [4.69, 9.17) is 4.74 Å². The van der Waals surface area contributed by atoms with Gasteiger partial charge in [-0.25, -0.2) is 9.18 Å². The molecule has 2 saturated heterocycles. The SMILES string of the molecule is CC(C)(C)OC(=O)N1CCCC[C@H]1C(=O)N[C@@H]1CC[C@H]2CN(Cc3ccc(F)cc3)C[C@H]21. The van der Waals surface area contributed by atoms with Gasteiger partial charge in [-0.1, -0.05) is 12.1 Å². The summed E-state index contributed by atoms with van der Waals surface area (Å²) in [5.41, 5.74) is 0.536. The molecule has 0 radical (unpaired) electrons. The van der Waals surface area contributed by atoms with E-state index in [0.717, 1.165) is 50.9 Å². The molecule has 4 atom stereocenters. The topological polar surface area (TPSA) is 61.9 Å². The molecule has 6 nitrogen and oxygen atoms in total. The van der Waals surface area contributed by atoms with E-state index >= 15 is 0 Å². The number of hydrogen-bond donors (Lipinski definition) is 1. The van der Waals surface area contributed by atoms with Gasteiger partial charge < -0.3 is 10.1 Å². The van der Waals surface area contributed by atoms with E-state index in [9.17, 15) is 14.0 Å². The molecular weight excluding hydrogens is 409 g/mol. The molecule has 4 rings (SSSR count). The normalized spacial score (nSPS) is 28.4. The Morgan fingerprint density at radius 3 is 2.56 bits per heavy atom. The molecule has 1 aromatic carbocycles. The molecule has 0 spiro atoms. The fraction of sp³-hybridized carbons (Fsp3) is 0.680. The average molecular weight is 446 g/mol. The highest BCUT2D eigenvalue weighted by atomic mass is 19.1. The van der Waals surface area contributed by atoms with Crippen LogP contribution in [0.4, 0.5) is 9.18 Å². The highest BCUT2D eigenvalue weighted by molar-refractivity contribution is 5.86. The standard InChI is InChI=1S/C25H36FN3O3/c1-25(2,3)32-24(31)29-13-5-4-6-22(29)23(30)27-21-12-9-18-15-28(16-20(18)21)14-17-7-10-19(26)11-8-17/h7-8,10-11,18,20-22H,4-6,9,12-16H2,1-3H3,(H,27,30)/t18-,20+,21+,22-/m0/s1. The number of rotatable bonds is 4. The van der Waals surface area contributed by atoms with Crippen molar-refractivity contribution in [3.63, 3.8) is 0 Å². The maximum atomic E-state index is 13.2. The van der Waals surface area contributed by atoms with Gasteiger partial charge in [0.05, 0.1) is 0 Å². The van der Waals surface area contributed by atoms with Crippen molar-refractivity contribution < 1.29 is 18.7 Å². The van der Waals surface area contributed by atoms with Crippen molar-refractivity contribution in [3.8, 4) is 0 Å². The zero-order valence-electron chi connectivity index (χ0n) is 19.5. The summed E-state index contributed by atoms with van der Waals surface area (Å²) in [5.74, 6) is 0.753. The minimum Gasteiger partial charge on any atom is -0.444 e. The Balaban J connectivity index is 1.34. The van der Waals surface area contributed by atoms with Gasteiger partial charge in [0.15, 0.2) is 0 Å². The van der Waals surface area contributed by atoms with Crippen LogP contribution in [0.5, 0.6) is 0 Å². The van der Waals surface area contributed by atoms with Crippen LogP contribution in [0.15, 0.2) is 24.3 Å². The lowest BCUT2D eigenvalue weighted by molar-refractivity contribution is -0.128.